The fraction of sp³-hybridized carbons (Fsp3) is 0.310. The summed E-state index contributed by atoms with van der Waals surface area (Å²) in [5.41, 5.74) is 2.58. The number of aryl methyl sites for hydroxylation is 1. The van der Waals surface area contributed by atoms with Crippen molar-refractivity contribution in [1.82, 2.24) is 10.2 Å². The standard InChI is InChI=1S/C29H32F4N4/c1-17-7-9-26(30)23(11-17)22-8-10-28(37-15-19(3)36(6)20(4)16-37)27(13-22)35-21(5)24-14-34-18(2)12-25(24)29(31,32)33/h7-14,19-20,34-35H,2,5,15-16H2,1,3-4,6H3. The summed E-state index contributed by atoms with van der Waals surface area (Å²) in [4.78, 5) is 4.50. The third-order valence-corrected chi connectivity index (χ3v) is 7.06. The molecule has 37 heavy (non-hydrogen) atoms. The lowest BCUT2D eigenvalue weighted by molar-refractivity contribution is -0.0893. The van der Waals surface area contributed by atoms with Gasteiger partial charge in [0.05, 0.1) is 16.9 Å². The van der Waals surface area contributed by atoms with Crippen LogP contribution in [0.4, 0.5) is 28.9 Å². The molecular weight excluding hydrogens is 480 g/mol. The second-order valence-corrected chi connectivity index (χ2v) is 9.87. The van der Waals surface area contributed by atoms with E-state index in [0.717, 1.165) is 30.4 Å². The Bertz CT molecular complexity index is 1280. The highest BCUT2D eigenvalue weighted by atomic mass is 19.4. The molecule has 0 amide bonds. The number of hydrogen-bond donors (Lipinski definition) is 2. The van der Waals surface area contributed by atoms with E-state index < -0.39 is 11.7 Å². The number of piperazine rings is 1. The number of benzene rings is 2. The van der Waals surface area contributed by atoms with Crippen molar-refractivity contribution in [3.63, 3.8) is 0 Å². The van der Waals surface area contributed by atoms with Crippen LogP contribution in [0.5, 0.6) is 0 Å². The van der Waals surface area contributed by atoms with Gasteiger partial charge >= 0.3 is 6.18 Å². The van der Waals surface area contributed by atoms with Crippen molar-refractivity contribution in [2.24, 2.45) is 0 Å². The second kappa shape index (κ2) is 10.1. The molecule has 2 aliphatic heterocycles. The van der Waals surface area contributed by atoms with E-state index in [1.807, 2.05) is 19.1 Å². The zero-order valence-corrected chi connectivity index (χ0v) is 21.5. The Kier molecular flexibility index (Phi) is 7.24. The average Bonchev–Trinajstić information content (AvgIpc) is 2.83. The molecule has 2 atom stereocenters. The first kappa shape index (κ1) is 26.5. The number of anilines is 2. The number of hydrogen-bond acceptors (Lipinski definition) is 4. The van der Waals surface area contributed by atoms with Crippen LogP contribution in [0, 0.1) is 12.7 Å². The Labute approximate surface area is 215 Å². The minimum atomic E-state index is -4.58. The van der Waals surface area contributed by atoms with Crippen LogP contribution in [-0.4, -0.2) is 43.3 Å². The summed E-state index contributed by atoms with van der Waals surface area (Å²) in [6, 6.07) is 10.9. The van der Waals surface area contributed by atoms with Crippen molar-refractivity contribution in [2.75, 3.05) is 30.4 Å². The maximum absolute atomic E-state index is 14.7. The first-order chi connectivity index (χ1) is 17.3. The van der Waals surface area contributed by atoms with Crippen LogP contribution in [0.1, 0.15) is 19.4 Å². The highest BCUT2D eigenvalue weighted by molar-refractivity contribution is 5.81. The molecule has 0 aromatic heterocycles. The van der Waals surface area contributed by atoms with Crippen LogP contribution in [0.25, 0.3) is 11.1 Å². The van der Waals surface area contributed by atoms with Crippen molar-refractivity contribution in [1.29, 1.82) is 0 Å². The number of nitrogens with one attached hydrogen (secondary N) is 2. The first-order valence-electron chi connectivity index (χ1n) is 12.1. The van der Waals surface area contributed by atoms with Gasteiger partial charge in [-0.25, -0.2) is 4.39 Å². The molecule has 4 rings (SSSR count). The molecule has 8 heteroatoms. The van der Waals surface area contributed by atoms with Gasteiger partial charge in [0.25, 0.3) is 0 Å². The molecule has 2 N–H and O–H groups in total. The third kappa shape index (κ3) is 5.59. The summed E-state index contributed by atoms with van der Waals surface area (Å²) >= 11 is 0. The van der Waals surface area contributed by atoms with E-state index in [1.54, 1.807) is 18.2 Å². The summed E-state index contributed by atoms with van der Waals surface area (Å²) < 4.78 is 56.2. The van der Waals surface area contributed by atoms with Crippen LogP contribution in [0.3, 0.4) is 0 Å². The molecule has 4 nitrogen and oxygen atoms in total. The Morgan fingerprint density at radius 2 is 1.76 bits per heavy atom. The van der Waals surface area contributed by atoms with Crippen LogP contribution >= 0.6 is 0 Å². The summed E-state index contributed by atoms with van der Waals surface area (Å²) in [7, 11) is 2.08. The minimum Gasteiger partial charge on any atom is -0.367 e. The molecule has 2 aromatic rings. The SMILES string of the molecule is C=C1C=C(C(F)(F)F)C(C(=C)Nc2cc(-c3cc(C)ccc3F)ccc2N2CC(C)N(C)C(C)C2)=CN1. The highest BCUT2D eigenvalue weighted by Gasteiger charge is 2.38. The summed E-state index contributed by atoms with van der Waals surface area (Å²) in [6.45, 7) is 15.1. The highest BCUT2D eigenvalue weighted by Crippen LogP contribution is 2.39. The zero-order valence-electron chi connectivity index (χ0n) is 21.5. The van der Waals surface area contributed by atoms with E-state index in [1.165, 1.54) is 12.3 Å². The molecule has 1 fully saturated rings. The van der Waals surface area contributed by atoms with Gasteiger partial charge in [0.2, 0.25) is 0 Å². The molecule has 0 spiro atoms. The monoisotopic (exact) mass is 512 g/mol. The van der Waals surface area contributed by atoms with Gasteiger partial charge in [0, 0.05) is 53.9 Å². The molecule has 0 saturated carbocycles. The maximum Gasteiger partial charge on any atom is 0.417 e. The molecule has 196 valence electrons. The van der Waals surface area contributed by atoms with Gasteiger partial charge in [0.1, 0.15) is 5.82 Å². The van der Waals surface area contributed by atoms with Crippen molar-refractivity contribution in [2.45, 2.75) is 39.0 Å². The van der Waals surface area contributed by atoms with Gasteiger partial charge in [-0.2, -0.15) is 13.2 Å². The smallest absolute Gasteiger partial charge is 0.367 e. The minimum absolute atomic E-state index is 0.0712. The van der Waals surface area contributed by atoms with Crippen molar-refractivity contribution < 1.29 is 17.6 Å². The van der Waals surface area contributed by atoms with Crippen molar-refractivity contribution in [3.05, 3.63) is 95.8 Å². The largest absolute Gasteiger partial charge is 0.417 e. The van der Waals surface area contributed by atoms with Crippen LogP contribution in [-0.2, 0) is 0 Å². The van der Waals surface area contributed by atoms with Crippen molar-refractivity contribution in [3.8, 4) is 11.1 Å². The predicted octanol–water partition coefficient (Wildman–Crippen LogP) is 6.75. The van der Waals surface area contributed by atoms with Gasteiger partial charge in [-0.3, -0.25) is 4.90 Å². The number of nitrogens with zero attached hydrogens (tertiary/aromatic N) is 2. The number of allylic oxidation sites excluding steroid dienone is 2. The van der Waals surface area contributed by atoms with Gasteiger partial charge in [-0.1, -0.05) is 30.9 Å². The quantitative estimate of drug-likeness (QED) is 0.434. The molecule has 2 aliphatic rings. The lowest BCUT2D eigenvalue weighted by atomic mass is 9.98. The number of halogens is 4. The Hall–Kier alpha value is -3.52. The predicted molar refractivity (Wildman–Crippen MR) is 143 cm³/mol. The lowest BCUT2D eigenvalue weighted by Crippen LogP contribution is -2.55. The van der Waals surface area contributed by atoms with Gasteiger partial charge in [0.15, 0.2) is 0 Å². The second-order valence-electron chi connectivity index (χ2n) is 9.87. The fourth-order valence-electron chi connectivity index (χ4n) is 4.79. The molecule has 2 unspecified atom stereocenters. The third-order valence-electron chi connectivity index (χ3n) is 7.06. The van der Waals surface area contributed by atoms with Gasteiger partial charge in [-0.05, 0) is 63.7 Å². The molecule has 2 aromatic carbocycles. The van der Waals surface area contributed by atoms with Gasteiger partial charge < -0.3 is 15.5 Å². The van der Waals surface area contributed by atoms with E-state index in [4.69, 9.17) is 0 Å². The average molecular weight is 513 g/mol. The lowest BCUT2D eigenvalue weighted by Gasteiger charge is -2.44. The van der Waals surface area contributed by atoms with E-state index in [9.17, 15) is 17.6 Å². The molecular formula is C29H32F4N4. The number of likely N-dealkylation sites (N-methyl/N-ethyl adjacent to an activating group) is 1. The molecule has 0 aliphatic carbocycles. The summed E-state index contributed by atoms with van der Waals surface area (Å²) in [5, 5.41) is 5.88. The normalized spacial score (nSPS) is 20.8. The van der Waals surface area contributed by atoms with Gasteiger partial charge in [-0.15, -0.1) is 0 Å². The fourth-order valence-corrected chi connectivity index (χ4v) is 4.79. The van der Waals surface area contributed by atoms with E-state index in [-0.39, 0.29) is 34.9 Å². The molecule has 0 bridgehead atoms. The first-order valence-corrected chi connectivity index (χ1v) is 12.1. The van der Waals surface area contributed by atoms with Crippen molar-refractivity contribution >= 4 is 11.4 Å². The molecule has 2 heterocycles. The van der Waals surface area contributed by atoms with Crippen LogP contribution in [0.2, 0.25) is 0 Å². The van der Waals surface area contributed by atoms with Crippen LogP contribution < -0.4 is 15.5 Å². The van der Waals surface area contributed by atoms with E-state index in [0.29, 0.717) is 16.8 Å². The molecule has 0 radical (unpaired) electrons. The number of rotatable bonds is 5. The number of dihydropyridines is 1. The number of alkyl halides is 3. The summed E-state index contributed by atoms with van der Waals surface area (Å²) in [5.74, 6) is -0.370. The molecule has 1 saturated heterocycles. The van der Waals surface area contributed by atoms with E-state index in [2.05, 4.69) is 54.5 Å². The topological polar surface area (TPSA) is 30.5 Å². The van der Waals surface area contributed by atoms with E-state index >= 15 is 0 Å². The Balaban J connectivity index is 1.76. The Morgan fingerprint density at radius 3 is 2.41 bits per heavy atom. The maximum atomic E-state index is 14.7. The Morgan fingerprint density at radius 1 is 1.08 bits per heavy atom. The van der Waals surface area contributed by atoms with Crippen LogP contribution in [0.15, 0.2) is 84.4 Å². The summed E-state index contributed by atoms with van der Waals surface area (Å²) in [6.07, 6.45) is -2.37. The zero-order chi connectivity index (χ0) is 27.1.